The number of hydrogen-bond donors (Lipinski definition) is 2. The summed E-state index contributed by atoms with van der Waals surface area (Å²) in [6.07, 6.45) is 0.989. The van der Waals surface area contributed by atoms with Crippen LogP contribution >= 0.6 is 12.2 Å². The molecule has 0 atom stereocenters. The quantitative estimate of drug-likeness (QED) is 0.395. The number of nitrogens with one attached hydrogen (secondary N) is 2. The van der Waals surface area contributed by atoms with Gasteiger partial charge in [0.2, 0.25) is 0 Å². The van der Waals surface area contributed by atoms with E-state index < -0.39 is 0 Å². The molecule has 0 bridgehead atoms. The number of H-pyrrole nitrogens is 1. The number of pyridine rings is 1. The van der Waals surface area contributed by atoms with E-state index in [9.17, 15) is 4.79 Å². The molecule has 0 saturated carbocycles. The van der Waals surface area contributed by atoms with Gasteiger partial charge in [-0.25, -0.2) is 0 Å². The number of aromatic amines is 1. The molecule has 1 heterocycles. The summed E-state index contributed by atoms with van der Waals surface area (Å²) in [7, 11) is 5.75. The number of methoxy groups -OCH3 is 1. The number of hydrogen-bond acceptors (Lipinski definition) is 4. The summed E-state index contributed by atoms with van der Waals surface area (Å²) in [6.45, 7) is 2.81. The van der Waals surface area contributed by atoms with Crippen LogP contribution in [0, 0.1) is 0 Å². The normalized spacial score (nSPS) is 11.0. The van der Waals surface area contributed by atoms with Crippen LogP contribution in [0.15, 0.2) is 59.4 Å². The highest BCUT2D eigenvalue weighted by molar-refractivity contribution is 7.80. The van der Waals surface area contributed by atoms with Crippen LogP contribution in [0.5, 0.6) is 5.75 Å². The molecule has 0 spiro atoms. The first-order valence-corrected chi connectivity index (χ1v) is 10.8. The van der Waals surface area contributed by atoms with E-state index in [4.69, 9.17) is 17.0 Å². The van der Waals surface area contributed by atoms with Crippen molar-refractivity contribution in [2.75, 3.05) is 34.3 Å². The zero-order chi connectivity index (χ0) is 22.2. The first-order chi connectivity index (χ1) is 15.0. The van der Waals surface area contributed by atoms with Crippen LogP contribution in [0.2, 0.25) is 0 Å². The minimum atomic E-state index is -0.105. The Morgan fingerprint density at radius 3 is 2.58 bits per heavy atom. The molecule has 0 aliphatic carbocycles. The molecule has 0 fully saturated rings. The molecule has 0 unspecified atom stereocenters. The van der Waals surface area contributed by atoms with Crippen LogP contribution in [0.4, 0.5) is 0 Å². The molecule has 1 aromatic heterocycles. The Labute approximate surface area is 188 Å². The summed E-state index contributed by atoms with van der Waals surface area (Å²) in [4.78, 5) is 19.9. The van der Waals surface area contributed by atoms with E-state index in [0.29, 0.717) is 23.8 Å². The van der Waals surface area contributed by atoms with Crippen molar-refractivity contribution in [2.45, 2.75) is 19.5 Å². The maximum atomic E-state index is 12.8. The summed E-state index contributed by atoms with van der Waals surface area (Å²) in [6, 6.07) is 17.7. The third-order valence-corrected chi connectivity index (χ3v) is 5.45. The number of ether oxygens (including phenoxy) is 1. The van der Waals surface area contributed by atoms with Crippen molar-refractivity contribution in [1.29, 1.82) is 0 Å². The number of thiocarbonyl (C=S) groups is 1. The molecule has 3 aromatic rings. The number of aromatic nitrogens is 1. The second kappa shape index (κ2) is 10.9. The highest BCUT2D eigenvalue weighted by atomic mass is 32.1. The van der Waals surface area contributed by atoms with Gasteiger partial charge in [-0.1, -0.05) is 30.3 Å². The Bertz CT molecular complexity index is 1070. The highest BCUT2D eigenvalue weighted by Crippen LogP contribution is 2.19. The summed E-state index contributed by atoms with van der Waals surface area (Å²) >= 11 is 5.70. The van der Waals surface area contributed by atoms with E-state index in [0.717, 1.165) is 41.7 Å². The summed E-state index contributed by atoms with van der Waals surface area (Å²) in [5.74, 6) is 0.754. The number of rotatable bonds is 9. The SMILES string of the molecule is COc1ccc2[nH]c(=O)c(CN(Cc3ccccc3)C(=S)NCCCN(C)C)cc2c1. The molecule has 7 heteroatoms. The second-order valence-electron chi connectivity index (χ2n) is 7.81. The maximum Gasteiger partial charge on any atom is 0.253 e. The Hall–Kier alpha value is -2.90. The van der Waals surface area contributed by atoms with Crippen LogP contribution in [0.3, 0.4) is 0 Å². The van der Waals surface area contributed by atoms with Gasteiger partial charge in [0.1, 0.15) is 5.75 Å². The molecule has 0 radical (unpaired) electrons. The predicted molar refractivity (Wildman–Crippen MR) is 131 cm³/mol. The molecular formula is C24H30N4O2S. The van der Waals surface area contributed by atoms with Gasteiger partial charge in [0.15, 0.2) is 5.11 Å². The number of nitrogens with zero attached hydrogens (tertiary/aromatic N) is 2. The van der Waals surface area contributed by atoms with E-state index >= 15 is 0 Å². The van der Waals surface area contributed by atoms with Crippen molar-refractivity contribution in [2.24, 2.45) is 0 Å². The van der Waals surface area contributed by atoms with Gasteiger partial charge in [-0.15, -0.1) is 0 Å². The van der Waals surface area contributed by atoms with Crippen molar-refractivity contribution in [1.82, 2.24) is 20.1 Å². The molecule has 3 rings (SSSR count). The Morgan fingerprint density at radius 2 is 1.87 bits per heavy atom. The molecule has 0 saturated heterocycles. The fraction of sp³-hybridized carbons (Fsp3) is 0.333. The van der Waals surface area contributed by atoms with Gasteiger partial charge in [0.25, 0.3) is 5.56 Å². The Balaban J connectivity index is 1.82. The average molecular weight is 439 g/mol. The standard InChI is InChI=1S/C24H30N4O2S/c1-27(2)13-7-12-25-24(31)28(16-18-8-5-4-6-9-18)17-20-14-19-15-21(30-3)10-11-22(19)26-23(20)29/h4-6,8-11,14-15H,7,12-13,16-17H2,1-3H3,(H,25,31)(H,26,29). The lowest BCUT2D eigenvalue weighted by Crippen LogP contribution is -2.40. The lowest BCUT2D eigenvalue weighted by Gasteiger charge is -2.26. The predicted octanol–water partition coefficient (Wildman–Crippen LogP) is 3.37. The van der Waals surface area contributed by atoms with Crippen molar-refractivity contribution < 1.29 is 4.74 Å². The van der Waals surface area contributed by atoms with E-state index in [1.54, 1.807) is 7.11 Å². The van der Waals surface area contributed by atoms with Crippen LogP contribution in [-0.2, 0) is 13.1 Å². The van der Waals surface area contributed by atoms with Crippen molar-refractivity contribution in [3.63, 3.8) is 0 Å². The van der Waals surface area contributed by atoms with Gasteiger partial charge < -0.3 is 24.8 Å². The second-order valence-corrected chi connectivity index (χ2v) is 8.19. The average Bonchev–Trinajstić information content (AvgIpc) is 2.76. The molecule has 0 amide bonds. The minimum absolute atomic E-state index is 0.105. The molecule has 2 N–H and O–H groups in total. The minimum Gasteiger partial charge on any atom is -0.497 e. The molecular weight excluding hydrogens is 408 g/mol. The summed E-state index contributed by atoms with van der Waals surface area (Å²) in [5, 5.41) is 4.93. The van der Waals surface area contributed by atoms with E-state index in [1.165, 1.54) is 0 Å². The molecule has 164 valence electrons. The van der Waals surface area contributed by atoms with Gasteiger partial charge in [0.05, 0.1) is 13.7 Å². The van der Waals surface area contributed by atoms with Crippen molar-refractivity contribution in [3.05, 3.63) is 76.1 Å². The number of fused-ring (bicyclic) bond motifs is 1. The molecule has 2 aromatic carbocycles. The fourth-order valence-corrected chi connectivity index (χ4v) is 3.62. The fourth-order valence-electron chi connectivity index (χ4n) is 3.39. The molecule has 0 aliphatic heterocycles. The zero-order valence-corrected chi connectivity index (χ0v) is 19.2. The summed E-state index contributed by atoms with van der Waals surface area (Å²) < 4.78 is 5.33. The van der Waals surface area contributed by atoms with Crippen LogP contribution < -0.4 is 15.6 Å². The van der Waals surface area contributed by atoms with E-state index in [1.807, 2.05) is 47.4 Å². The van der Waals surface area contributed by atoms with Gasteiger partial charge in [-0.05, 0) is 69.1 Å². The maximum absolute atomic E-state index is 12.8. The topological polar surface area (TPSA) is 60.6 Å². The van der Waals surface area contributed by atoms with Gasteiger partial charge in [-0.3, -0.25) is 4.79 Å². The molecule has 6 nitrogen and oxygen atoms in total. The van der Waals surface area contributed by atoms with Gasteiger partial charge >= 0.3 is 0 Å². The third-order valence-electron chi connectivity index (χ3n) is 5.05. The van der Waals surface area contributed by atoms with Crippen LogP contribution in [0.1, 0.15) is 17.5 Å². The van der Waals surface area contributed by atoms with E-state index in [-0.39, 0.29) is 5.56 Å². The van der Waals surface area contributed by atoms with Crippen LogP contribution in [0.25, 0.3) is 10.9 Å². The van der Waals surface area contributed by atoms with Crippen molar-refractivity contribution >= 4 is 28.2 Å². The zero-order valence-electron chi connectivity index (χ0n) is 18.4. The van der Waals surface area contributed by atoms with Crippen molar-refractivity contribution in [3.8, 4) is 5.75 Å². The third kappa shape index (κ3) is 6.54. The first-order valence-electron chi connectivity index (χ1n) is 10.4. The van der Waals surface area contributed by atoms with Gasteiger partial charge in [-0.2, -0.15) is 0 Å². The first kappa shape index (κ1) is 22.8. The Kier molecular flexibility index (Phi) is 8.03. The summed E-state index contributed by atoms with van der Waals surface area (Å²) in [5.41, 5.74) is 2.48. The lowest BCUT2D eigenvalue weighted by molar-refractivity contribution is 0.383. The molecule has 0 aliphatic rings. The highest BCUT2D eigenvalue weighted by Gasteiger charge is 2.14. The van der Waals surface area contributed by atoms with Gasteiger partial charge in [0, 0.05) is 29.6 Å². The number of benzene rings is 2. The monoisotopic (exact) mass is 438 g/mol. The molecule has 31 heavy (non-hydrogen) atoms. The van der Waals surface area contributed by atoms with Crippen LogP contribution in [-0.4, -0.2) is 54.2 Å². The van der Waals surface area contributed by atoms with E-state index in [2.05, 4.69) is 41.4 Å². The largest absolute Gasteiger partial charge is 0.497 e. The lowest BCUT2D eigenvalue weighted by atomic mass is 10.1. The Morgan fingerprint density at radius 1 is 1.10 bits per heavy atom. The smallest absolute Gasteiger partial charge is 0.253 e.